The summed E-state index contributed by atoms with van der Waals surface area (Å²) in [7, 11) is 0. The summed E-state index contributed by atoms with van der Waals surface area (Å²) >= 11 is 4.70. The number of halogens is 2. The lowest BCUT2D eigenvalue weighted by Gasteiger charge is -2.20. The normalized spacial score (nSPS) is 15.7. The highest BCUT2D eigenvalue weighted by Gasteiger charge is 2.46. The number of hydrogen-bond acceptors (Lipinski definition) is 3. The average molecular weight is 451 g/mol. The minimum absolute atomic E-state index is 0.0741. The molecule has 0 bridgehead atoms. The molecule has 0 spiro atoms. The Labute approximate surface area is 170 Å². The molecule has 1 atom stereocenters. The van der Waals surface area contributed by atoms with Crippen LogP contribution in [0.15, 0.2) is 53.0 Å². The third kappa shape index (κ3) is 5.32. The van der Waals surface area contributed by atoms with Crippen molar-refractivity contribution in [1.29, 1.82) is 0 Å². The van der Waals surface area contributed by atoms with Gasteiger partial charge in [-0.3, -0.25) is 9.59 Å². The summed E-state index contributed by atoms with van der Waals surface area (Å²) in [5, 5.41) is 5.48. The maximum absolute atomic E-state index is 12.9. The van der Waals surface area contributed by atoms with Crippen molar-refractivity contribution < 1.29 is 14.0 Å². The van der Waals surface area contributed by atoms with E-state index >= 15 is 0 Å². The highest BCUT2D eigenvalue weighted by Crippen LogP contribution is 2.45. The molecule has 142 valence electrons. The summed E-state index contributed by atoms with van der Waals surface area (Å²) in [6.45, 7) is 1.79. The first-order valence-electron chi connectivity index (χ1n) is 8.63. The zero-order valence-corrected chi connectivity index (χ0v) is 17.2. The van der Waals surface area contributed by atoms with Gasteiger partial charge in [-0.1, -0.05) is 28.1 Å². The zero-order chi connectivity index (χ0) is 19.4. The fourth-order valence-corrected chi connectivity index (χ4v) is 3.67. The second-order valence-corrected chi connectivity index (χ2v) is 8.83. The molecule has 0 radical (unpaired) electrons. The van der Waals surface area contributed by atoms with Crippen LogP contribution in [-0.2, 0) is 15.1 Å². The standard InChI is InChI=1S/C20H20BrFN2O2S/c1-13(27-12-18(25)23-17-8-6-16(22)7-9-17)19(26)24-20(10-11-20)14-2-4-15(21)5-3-14/h2-9,13H,10-12H2,1H3,(H,23,25)(H,24,26). The van der Waals surface area contributed by atoms with Crippen LogP contribution in [0.4, 0.5) is 10.1 Å². The van der Waals surface area contributed by atoms with Crippen LogP contribution in [0.2, 0.25) is 0 Å². The Morgan fingerprint density at radius 1 is 1.15 bits per heavy atom. The van der Waals surface area contributed by atoms with E-state index in [2.05, 4.69) is 26.6 Å². The Kier molecular flexibility index (Phi) is 6.22. The Morgan fingerprint density at radius 2 is 1.78 bits per heavy atom. The molecule has 0 saturated heterocycles. The first-order chi connectivity index (χ1) is 12.9. The quantitative estimate of drug-likeness (QED) is 0.654. The smallest absolute Gasteiger partial charge is 0.234 e. The number of carbonyl (C=O) groups is 2. The van der Waals surface area contributed by atoms with Gasteiger partial charge in [0.1, 0.15) is 5.82 Å². The summed E-state index contributed by atoms with van der Waals surface area (Å²) in [6.07, 6.45) is 1.84. The molecule has 7 heteroatoms. The lowest BCUT2D eigenvalue weighted by atomic mass is 10.0. The van der Waals surface area contributed by atoms with Crippen LogP contribution in [0.5, 0.6) is 0 Å². The molecule has 2 amide bonds. The Hall–Kier alpha value is -1.86. The van der Waals surface area contributed by atoms with Crippen molar-refractivity contribution in [3.8, 4) is 0 Å². The second kappa shape index (κ2) is 8.44. The van der Waals surface area contributed by atoms with Gasteiger partial charge in [0, 0.05) is 10.2 Å². The lowest BCUT2D eigenvalue weighted by molar-refractivity contribution is -0.121. The summed E-state index contributed by atoms with van der Waals surface area (Å²) in [6, 6.07) is 13.6. The Balaban J connectivity index is 1.48. The van der Waals surface area contributed by atoms with Gasteiger partial charge in [0.25, 0.3) is 0 Å². The number of anilines is 1. The molecule has 0 heterocycles. The van der Waals surface area contributed by atoms with Gasteiger partial charge in [-0.05, 0) is 61.7 Å². The predicted molar refractivity (Wildman–Crippen MR) is 110 cm³/mol. The van der Waals surface area contributed by atoms with E-state index in [1.807, 2.05) is 24.3 Å². The van der Waals surface area contributed by atoms with Gasteiger partial charge in [0.2, 0.25) is 11.8 Å². The summed E-state index contributed by atoms with van der Waals surface area (Å²) in [5.74, 6) is -0.500. The van der Waals surface area contributed by atoms with Crippen molar-refractivity contribution in [3.05, 3.63) is 64.4 Å². The SMILES string of the molecule is CC(SCC(=O)Nc1ccc(F)cc1)C(=O)NC1(c2ccc(Br)cc2)CC1. The fraction of sp³-hybridized carbons (Fsp3) is 0.300. The molecule has 0 aliphatic heterocycles. The van der Waals surface area contributed by atoms with Crippen LogP contribution >= 0.6 is 27.7 Å². The summed E-state index contributed by atoms with van der Waals surface area (Å²) in [4.78, 5) is 24.5. The molecule has 3 rings (SSSR count). The predicted octanol–water partition coefficient (Wildman–Crippen LogP) is 4.45. The van der Waals surface area contributed by atoms with Gasteiger partial charge in [0.05, 0.1) is 16.5 Å². The van der Waals surface area contributed by atoms with Crippen molar-refractivity contribution in [3.63, 3.8) is 0 Å². The van der Waals surface area contributed by atoms with Gasteiger partial charge in [-0.2, -0.15) is 0 Å². The molecule has 1 aliphatic rings. The number of hydrogen-bond donors (Lipinski definition) is 2. The highest BCUT2D eigenvalue weighted by atomic mass is 79.9. The number of amides is 2. The lowest BCUT2D eigenvalue weighted by Crippen LogP contribution is -2.39. The van der Waals surface area contributed by atoms with E-state index in [4.69, 9.17) is 0 Å². The molecule has 2 aromatic rings. The monoisotopic (exact) mass is 450 g/mol. The number of carbonyl (C=O) groups excluding carboxylic acids is 2. The number of thioether (sulfide) groups is 1. The number of benzene rings is 2. The van der Waals surface area contributed by atoms with Gasteiger partial charge >= 0.3 is 0 Å². The van der Waals surface area contributed by atoms with Crippen LogP contribution in [-0.4, -0.2) is 22.8 Å². The van der Waals surface area contributed by atoms with E-state index in [-0.39, 0.29) is 34.2 Å². The summed E-state index contributed by atoms with van der Waals surface area (Å²) in [5.41, 5.74) is 1.36. The molecule has 2 aromatic carbocycles. The molecule has 4 nitrogen and oxygen atoms in total. The molecule has 1 aliphatic carbocycles. The molecule has 1 unspecified atom stereocenters. The minimum Gasteiger partial charge on any atom is -0.346 e. The first-order valence-corrected chi connectivity index (χ1v) is 10.5. The van der Waals surface area contributed by atoms with Gasteiger partial charge in [-0.15, -0.1) is 11.8 Å². The van der Waals surface area contributed by atoms with Crippen molar-refractivity contribution in [1.82, 2.24) is 5.32 Å². The van der Waals surface area contributed by atoms with Crippen LogP contribution in [0.1, 0.15) is 25.3 Å². The largest absolute Gasteiger partial charge is 0.346 e. The molecule has 1 fully saturated rings. The fourth-order valence-electron chi connectivity index (χ4n) is 2.72. The molecular weight excluding hydrogens is 431 g/mol. The maximum atomic E-state index is 12.9. The van der Waals surface area contributed by atoms with E-state index in [0.717, 1.165) is 22.9 Å². The number of rotatable bonds is 7. The number of nitrogens with one attached hydrogen (secondary N) is 2. The molecule has 2 N–H and O–H groups in total. The zero-order valence-electron chi connectivity index (χ0n) is 14.8. The second-order valence-electron chi connectivity index (χ2n) is 6.59. The summed E-state index contributed by atoms with van der Waals surface area (Å²) < 4.78 is 13.9. The van der Waals surface area contributed by atoms with Crippen LogP contribution < -0.4 is 10.6 Å². The van der Waals surface area contributed by atoms with Crippen LogP contribution in [0, 0.1) is 5.82 Å². The van der Waals surface area contributed by atoms with Gasteiger partial charge < -0.3 is 10.6 Å². The third-order valence-electron chi connectivity index (χ3n) is 4.47. The Bertz CT molecular complexity index is 823. The maximum Gasteiger partial charge on any atom is 0.234 e. The molecular formula is C20H20BrFN2O2S. The van der Waals surface area contributed by atoms with E-state index in [1.54, 1.807) is 6.92 Å². The first kappa shape index (κ1) is 19.9. The van der Waals surface area contributed by atoms with Gasteiger partial charge in [0.15, 0.2) is 0 Å². The molecule has 1 saturated carbocycles. The van der Waals surface area contributed by atoms with Crippen molar-refractivity contribution in [2.75, 3.05) is 11.1 Å². The van der Waals surface area contributed by atoms with E-state index in [0.29, 0.717) is 5.69 Å². The Morgan fingerprint density at radius 3 is 2.37 bits per heavy atom. The minimum atomic E-state index is -0.354. The topological polar surface area (TPSA) is 58.2 Å². The van der Waals surface area contributed by atoms with E-state index in [1.165, 1.54) is 36.0 Å². The van der Waals surface area contributed by atoms with E-state index < -0.39 is 0 Å². The van der Waals surface area contributed by atoms with Crippen molar-refractivity contribution >= 4 is 45.2 Å². The molecule has 27 heavy (non-hydrogen) atoms. The van der Waals surface area contributed by atoms with E-state index in [9.17, 15) is 14.0 Å². The van der Waals surface area contributed by atoms with Crippen molar-refractivity contribution in [2.45, 2.75) is 30.6 Å². The average Bonchev–Trinajstić information content (AvgIpc) is 3.42. The van der Waals surface area contributed by atoms with Gasteiger partial charge in [-0.25, -0.2) is 4.39 Å². The molecule has 0 aromatic heterocycles. The highest BCUT2D eigenvalue weighted by molar-refractivity contribution is 9.10. The van der Waals surface area contributed by atoms with Crippen LogP contribution in [0.3, 0.4) is 0 Å². The third-order valence-corrected chi connectivity index (χ3v) is 6.14. The van der Waals surface area contributed by atoms with Crippen LogP contribution in [0.25, 0.3) is 0 Å². The van der Waals surface area contributed by atoms with Crippen molar-refractivity contribution in [2.24, 2.45) is 0 Å².